The van der Waals surface area contributed by atoms with Crippen molar-refractivity contribution in [2.75, 3.05) is 14.2 Å². The van der Waals surface area contributed by atoms with E-state index in [1.165, 1.54) is 32.4 Å². The zero-order valence-corrected chi connectivity index (χ0v) is 17.9. The summed E-state index contributed by atoms with van der Waals surface area (Å²) in [6.07, 6.45) is 0.183. The fourth-order valence-corrected chi connectivity index (χ4v) is 2.85. The Bertz CT molecular complexity index is 1120. The van der Waals surface area contributed by atoms with E-state index in [1.807, 2.05) is 0 Å². The minimum absolute atomic E-state index is 0.0851. The number of carbonyl (C=O) groups is 3. The van der Waals surface area contributed by atoms with Crippen molar-refractivity contribution in [2.24, 2.45) is 0 Å². The molecule has 3 rings (SSSR count). The van der Waals surface area contributed by atoms with Crippen LogP contribution in [0.4, 0.5) is 0 Å². The molecule has 0 aromatic heterocycles. The van der Waals surface area contributed by atoms with Gasteiger partial charge in [-0.15, -0.1) is 0 Å². The predicted molar refractivity (Wildman–Crippen MR) is 117 cm³/mol. The summed E-state index contributed by atoms with van der Waals surface area (Å²) in [6, 6.07) is 17.1. The monoisotopic (exact) mass is 434 g/mol. The molecule has 0 radical (unpaired) electrons. The molecular weight excluding hydrogens is 412 g/mol. The van der Waals surface area contributed by atoms with Crippen LogP contribution in [-0.2, 0) is 0 Å². The summed E-state index contributed by atoms with van der Waals surface area (Å²) in [5.41, 5.74) is 0.772. The highest BCUT2D eigenvalue weighted by Crippen LogP contribution is 2.27. The van der Waals surface area contributed by atoms with Gasteiger partial charge in [-0.1, -0.05) is 6.92 Å². The zero-order chi connectivity index (χ0) is 23.1. The molecular formula is C25H22O7. The van der Waals surface area contributed by atoms with Crippen molar-refractivity contribution in [2.45, 2.75) is 13.3 Å². The second kappa shape index (κ2) is 10.3. The van der Waals surface area contributed by atoms with Gasteiger partial charge in [-0.2, -0.15) is 0 Å². The smallest absolute Gasteiger partial charge is 0.343 e. The lowest BCUT2D eigenvalue weighted by atomic mass is 10.1. The average Bonchev–Trinajstić information content (AvgIpc) is 2.84. The molecule has 0 saturated heterocycles. The second-order valence-corrected chi connectivity index (χ2v) is 6.67. The Kier molecular flexibility index (Phi) is 7.23. The van der Waals surface area contributed by atoms with Crippen molar-refractivity contribution in [1.82, 2.24) is 0 Å². The molecule has 3 aromatic rings. The summed E-state index contributed by atoms with van der Waals surface area (Å²) < 4.78 is 21.0. The Morgan fingerprint density at radius 3 is 1.59 bits per heavy atom. The van der Waals surface area contributed by atoms with Crippen molar-refractivity contribution in [1.29, 1.82) is 0 Å². The average molecular weight is 434 g/mol. The van der Waals surface area contributed by atoms with Crippen LogP contribution < -0.4 is 18.9 Å². The van der Waals surface area contributed by atoms with Crippen LogP contribution in [0.2, 0.25) is 0 Å². The van der Waals surface area contributed by atoms with E-state index in [0.717, 1.165) is 0 Å². The van der Waals surface area contributed by atoms with Gasteiger partial charge in [0.25, 0.3) is 0 Å². The second-order valence-electron chi connectivity index (χ2n) is 6.67. The summed E-state index contributed by atoms with van der Waals surface area (Å²) in [7, 11) is 3.06. The first-order chi connectivity index (χ1) is 15.4. The summed E-state index contributed by atoms with van der Waals surface area (Å²) in [4.78, 5) is 37.4. The Morgan fingerprint density at radius 1 is 0.656 bits per heavy atom. The van der Waals surface area contributed by atoms with Crippen molar-refractivity contribution in [3.63, 3.8) is 0 Å². The van der Waals surface area contributed by atoms with E-state index in [1.54, 1.807) is 55.5 Å². The van der Waals surface area contributed by atoms with E-state index in [4.69, 9.17) is 18.9 Å². The molecule has 0 aliphatic rings. The van der Waals surface area contributed by atoms with Crippen molar-refractivity contribution in [3.8, 4) is 23.0 Å². The van der Waals surface area contributed by atoms with Gasteiger partial charge in [-0.25, -0.2) is 9.59 Å². The molecule has 7 heteroatoms. The highest BCUT2D eigenvalue weighted by molar-refractivity contribution is 6.01. The van der Waals surface area contributed by atoms with Gasteiger partial charge in [0.05, 0.1) is 30.9 Å². The molecule has 0 amide bonds. The quantitative estimate of drug-likeness (QED) is 0.288. The van der Waals surface area contributed by atoms with Gasteiger partial charge in [0, 0.05) is 6.42 Å². The maximum atomic E-state index is 12.5. The number of ketones is 1. The summed E-state index contributed by atoms with van der Waals surface area (Å²) in [5, 5.41) is 0. The lowest BCUT2D eigenvalue weighted by molar-refractivity contribution is 0.0716. The molecule has 0 atom stereocenters. The lowest BCUT2D eigenvalue weighted by Gasteiger charge is -2.12. The van der Waals surface area contributed by atoms with Gasteiger partial charge < -0.3 is 18.9 Å². The third-order valence-electron chi connectivity index (χ3n) is 4.64. The number of methoxy groups -OCH3 is 2. The normalized spacial score (nSPS) is 10.2. The number of ether oxygens (including phenoxy) is 4. The molecule has 0 heterocycles. The molecule has 0 aliphatic heterocycles. The number of esters is 2. The number of carbonyl (C=O) groups excluding carboxylic acids is 3. The Balaban J connectivity index is 1.80. The van der Waals surface area contributed by atoms with Crippen molar-refractivity contribution >= 4 is 17.7 Å². The van der Waals surface area contributed by atoms with Crippen LogP contribution in [0.3, 0.4) is 0 Å². The fraction of sp³-hybridized carbons (Fsp3) is 0.160. The molecule has 32 heavy (non-hydrogen) atoms. The highest BCUT2D eigenvalue weighted by atomic mass is 16.5. The molecule has 0 spiro atoms. The first kappa shape index (κ1) is 22.6. The first-order valence-corrected chi connectivity index (χ1v) is 9.85. The van der Waals surface area contributed by atoms with E-state index in [9.17, 15) is 14.4 Å². The van der Waals surface area contributed by atoms with Gasteiger partial charge in [0.1, 0.15) is 23.0 Å². The zero-order valence-electron chi connectivity index (χ0n) is 17.9. The van der Waals surface area contributed by atoms with Gasteiger partial charge in [-0.05, 0) is 66.7 Å². The molecule has 7 nitrogen and oxygen atoms in total. The summed E-state index contributed by atoms with van der Waals surface area (Å²) >= 11 is 0. The molecule has 0 saturated carbocycles. The third-order valence-corrected chi connectivity index (χ3v) is 4.64. The maximum absolute atomic E-state index is 12.5. The number of hydrogen-bond donors (Lipinski definition) is 0. The predicted octanol–water partition coefficient (Wildman–Crippen LogP) is 4.73. The molecule has 0 aliphatic carbocycles. The van der Waals surface area contributed by atoms with Gasteiger partial charge in [0.2, 0.25) is 0 Å². The van der Waals surface area contributed by atoms with Crippen LogP contribution in [0.1, 0.15) is 44.4 Å². The Hall–Kier alpha value is -4.13. The van der Waals surface area contributed by atoms with Crippen LogP contribution in [0.25, 0.3) is 0 Å². The molecule has 3 aromatic carbocycles. The molecule has 0 fully saturated rings. The lowest BCUT2D eigenvalue weighted by Crippen LogP contribution is -2.13. The minimum Gasteiger partial charge on any atom is -0.497 e. The van der Waals surface area contributed by atoms with E-state index >= 15 is 0 Å². The van der Waals surface area contributed by atoms with Crippen LogP contribution in [0.5, 0.6) is 23.0 Å². The Morgan fingerprint density at radius 2 is 1.12 bits per heavy atom. The number of hydrogen-bond acceptors (Lipinski definition) is 7. The van der Waals surface area contributed by atoms with Gasteiger partial charge in [0.15, 0.2) is 5.78 Å². The SMILES string of the molecule is CCC(=O)c1cc(OC(=O)c2ccc(OC)cc2)ccc1OC(=O)c1ccc(OC)cc1. The number of benzene rings is 3. The molecule has 0 bridgehead atoms. The van der Waals surface area contributed by atoms with E-state index in [-0.39, 0.29) is 29.3 Å². The minimum atomic E-state index is -0.624. The first-order valence-electron chi connectivity index (χ1n) is 9.85. The fourth-order valence-electron chi connectivity index (χ4n) is 2.85. The van der Waals surface area contributed by atoms with E-state index < -0.39 is 11.9 Å². The topological polar surface area (TPSA) is 88.1 Å². The number of Topliss-reactive ketones (excluding diaryl/α,β-unsaturated/α-hetero) is 1. The van der Waals surface area contributed by atoms with Gasteiger partial charge >= 0.3 is 11.9 Å². The maximum Gasteiger partial charge on any atom is 0.343 e. The Labute approximate surface area is 185 Å². The van der Waals surface area contributed by atoms with Crippen LogP contribution in [0.15, 0.2) is 66.7 Å². The van der Waals surface area contributed by atoms with Crippen molar-refractivity contribution in [3.05, 3.63) is 83.4 Å². The van der Waals surface area contributed by atoms with E-state index in [2.05, 4.69) is 0 Å². The molecule has 164 valence electrons. The van der Waals surface area contributed by atoms with Gasteiger partial charge in [-0.3, -0.25) is 4.79 Å². The largest absolute Gasteiger partial charge is 0.497 e. The highest BCUT2D eigenvalue weighted by Gasteiger charge is 2.18. The molecule has 0 unspecified atom stereocenters. The third kappa shape index (κ3) is 5.31. The van der Waals surface area contributed by atoms with Crippen LogP contribution in [0, 0.1) is 0 Å². The van der Waals surface area contributed by atoms with Crippen LogP contribution in [-0.4, -0.2) is 31.9 Å². The molecule has 0 N–H and O–H groups in total. The summed E-state index contributed by atoms with van der Waals surface area (Å²) in [6.45, 7) is 1.69. The van der Waals surface area contributed by atoms with Crippen molar-refractivity contribution < 1.29 is 33.3 Å². The standard InChI is InChI=1S/C25H22O7/c1-4-22(26)21-15-20(31-24(27)16-5-9-18(29-2)10-6-16)13-14-23(21)32-25(28)17-7-11-19(30-3)12-8-17/h5-15H,4H2,1-3H3. The summed E-state index contributed by atoms with van der Waals surface area (Å²) in [5.74, 6) is -0.0168. The number of rotatable bonds is 8. The van der Waals surface area contributed by atoms with E-state index in [0.29, 0.717) is 22.6 Å². The van der Waals surface area contributed by atoms with Crippen LogP contribution >= 0.6 is 0 Å².